The van der Waals surface area contributed by atoms with E-state index in [-0.39, 0.29) is 16.9 Å². The molecule has 0 heterocycles. The largest absolute Gasteiger partial charge is 0.313 e. The van der Waals surface area contributed by atoms with E-state index in [9.17, 15) is 4.39 Å². The van der Waals surface area contributed by atoms with Crippen LogP contribution in [0.1, 0.15) is 17.2 Å². The van der Waals surface area contributed by atoms with Gasteiger partial charge in [0.2, 0.25) is 0 Å². The van der Waals surface area contributed by atoms with Crippen molar-refractivity contribution in [2.75, 3.05) is 7.05 Å². The summed E-state index contributed by atoms with van der Waals surface area (Å²) in [6, 6.07) is 12.9. The minimum Gasteiger partial charge on any atom is -0.313 e. The van der Waals surface area contributed by atoms with Crippen LogP contribution in [0, 0.1) is 5.82 Å². The second-order valence-electron chi connectivity index (χ2n) is 4.28. The number of benzene rings is 2. The highest BCUT2D eigenvalue weighted by Crippen LogP contribution is 2.29. The first kappa shape index (κ1) is 14.5. The van der Waals surface area contributed by atoms with Crippen molar-refractivity contribution in [1.82, 2.24) is 5.32 Å². The third-order valence-electron chi connectivity index (χ3n) is 3.09. The van der Waals surface area contributed by atoms with Gasteiger partial charge >= 0.3 is 0 Å². The number of likely N-dealkylation sites (N-methyl/N-ethyl adjacent to an activating group) is 1. The Bertz CT molecular complexity index is 574. The van der Waals surface area contributed by atoms with Crippen LogP contribution in [0.15, 0.2) is 46.9 Å². The molecule has 0 saturated heterocycles. The summed E-state index contributed by atoms with van der Waals surface area (Å²) in [6.07, 6.45) is 0.737. The third kappa shape index (κ3) is 3.35. The van der Waals surface area contributed by atoms with Gasteiger partial charge in [0, 0.05) is 10.5 Å². The Labute approximate surface area is 125 Å². The van der Waals surface area contributed by atoms with Gasteiger partial charge < -0.3 is 5.32 Å². The molecule has 1 nitrogen and oxygen atoms in total. The molecule has 0 aliphatic carbocycles. The fraction of sp³-hybridized carbons (Fsp3) is 0.200. The maximum Gasteiger partial charge on any atom is 0.142 e. The molecule has 0 aromatic heterocycles. The van der Waals surface area contributed by atoms with Crippen molar-refractivity contribution in [1.29, 1.82) is 0 Å². The summed E-state index contributed by atoms with van der Waals surface area (Å²) in [7, 11) is 1.85. The molecule has 0 amide bonds. The minimum atomic E-state index is -0.383. The molecule has 1 unspecified atom stereocenters. The molecule has 100 valence electrons. The fourth-order valence-corrected chi connectivity index (χ4v) is 2.75. The van der Waals surface area contributed by atoms with Gasteiger partial charge in [-0.25, -0.2) is 4.39 Å². The van der Waals surface area contributed by atoms with E-state index >= 15 is 0 Å². The van der Waals surface area contributed by atoms with E-state index in [1.807, 2.05) is 37.4 Å². The van der Waals surface area contributed by atoms with Crippen LogP contribution >= 0.6 is 27.5 Å². The van der Waals surface area contributed by atoms with Gasteiger partial charge in [0.15, 0.2) is 0 Å². The summed E-state index contributed by atoms with van der Waals surface area (Å²) in [5, 5.41) is 3.38. The molecule has 0 fully saturated rings. The van der Waals surface area contributed by atoms with Crippen LogP contribution in [0.3, 0.4) is 0 Å². The maximum atomic E-state index is 13.5. The zero-order valence-electron chi connectivity index (χ0n) is 10.5. The number of rotatable bonds is 4. The van der Waals surface area contributed by atoms with Crippen LogP contribution in [-0.4, -0.2) is 7.05 Å². The minimum absolute atomic E-state index is 0.0260. The number of hydrogen-bond donors (Lipinski definition) is 1. The lowest BCUT2D eigenvalue weighted by Gasteiger charge is -2.19. The Kier molecular flexibility index (Phi) is 4.97. The smallest absolute Gasteiger partial charge is 0.142 e. The summed E-state index contributed by atoms with van der Waals surface area (Å²) in [5.41, 5.74) is 1.93. The van der Waals surface area contributed by atoms with E-state index in [1.54, 1.807) is 6.07 Å². The predicted octanol–water partition coefficient (Wildman–Crippen LogP) is 4.74. The van der Waals surface area contributed by atoms with Crippen LogP contribution < -0.4 is 5.32 Å². The lowest BCUT2D eigenvalue weighted by molar-refractivity contribution is 0.577. The third-order valence-corrected chi connectivity index (χ3v) is 4.26. The summed E-state index contributed by atoms with van der Waals surface area (Å²) in [6.45, 7) is 0. The van der Waals surface area contributed by atoms with E-state index in [0.717, 1.165) is 22.0 Å². The highest BCUT2D eigenvalue weighted by atomic mass is 79.9. The molecule has 1 N–H and O–H groups in total. The molecule has 2 aromatic rings. The average molecular weight is 343 g/mol. The molecule has 0 aliphatic rings. The quantitative estimate of drug-likeness (QED) is 0.846. The van der Waals surface area contributed by atoms with Crippen molar-refractivity contribution >= 4 is 27.5 Å². The monoisotopic (exact) mass is 341 g/mol. The summed E-state index contributed by atoms with van der Waals surface area (Å²) in [5.74, 6) is -0.383. The van der Waals surface area contributed by atoms with Gasteiger partial charge in [-0.1, -0.05) is 57.9 Å². The second-order valence-corrected chi connectivity index (χ2v) is 5.51. The van der Waals surface area contributed by atoms with Crippen LogP contribution in [0.4, 0.5) is 4.39 Å². The average Bonchev–Trinajstić information content (AvgIpc) is 2.41. The standard InChI is InChI=1S/C15H14BrClFN/c1-19-14(9-10-5-2-3-7-12(10)16)11-6-4-8-13(18)15(11)17/h2-8,14,19H,9H2,1H3. The number of hydrogen-bond acceptors (Lipinski definition) is 1. The highest BCUT2D eigenvalue weighted by molar-refractivity contribution is 9.10. The van der Waals surface area contributed by atoms with E-state index < -0.39 is 0 Å². The maximum absolute atomic E-state index is 13.5. The molecular formula is C15H14BrClFN. The Hall–Kier alpha value is -0.900. The van der Waals surface area contributed by atoms with Crippen molar-refractivity contribution < 1.29 is 4.39 Å². The molecule has 1 atom stereocenters. The Morgan fingerprint density at radius 3 is 2.63 bits per heavy atom. The van der Waals surface area contributed by atoms with Crippen molar-refractivity contribution in [3.63, 3.8) is 0 Å². The van der Waals surface area contributed by atoms with E-state index in [1.165, 1.54) is 6.07 Å². The molecule has 0 spiro atoms. The van der Waals surface area contributed by atoms with E-state index in [4.69, 9.17) is 11.6 Å². The first-order valence-corrected chi connectivity index (χ1v) is 7.15. The zero-order valence-corrected chi connectivity index (χ0v) is 12.8. The first-order chi connectivity index (χ1) is 9.13. The van der Waals surface area contributed by atoms with Gasteiger partial charge in [-0.15, -0.1) is 0 Å². The predicted molar refractivity (Wildman–Crippen MR) is 81.1 cm³/mol. The molecule has 0 aliphatic heterocycles. The number of nitrogens with one attached hydrogen (secondary N) is 1. The van der Waals surface area contributed by atoms with Gasteiger partial charge in [0.05, 0.1) is 5.02 Å². The summed E-state index contributed by atoms with van der Waals surface area (Å²) in [4.78, 5) is 0. The first-order valence-electron chi connectivity index (χ1n) is 5.98. The van der Waals surface area contributed by atoms with Gasteiger partial charge in [-0.2, -0.15) is 0 Å². The molecule has 0 saturated carbocycles. The normalized spacial score (nSPS) is 12.4. The molecule has 4 heteroatoms. The van der Waals surface area contributed by atoms with Crippen molar-refractivity contribution in [3.8, 4) is 0 Å². The van der Waals surface area contributed by atoms with Gasteiger partial charge in [-0.05, 0) is 36.7 Å². The molecule has 2 aromatic carbocycles. The molecular weight excluding hydrogens is 329 g/mol. The van der Waals surface area contributed by atoms with E-state index in [0.29, 0.717) is 0 Å². The molecule has 0 radical (unpaired) electrons. The molecule has 0 bridgehead atoms. The summed E-state index contributed by atoms with van der Waals surface area (Å²) >= 11 is 9.57. The van der Waals surface area contributed by atoms with E-state index in [2.05, 4.69) is 21.2 Å². The van der Waals surface area contributed by atoms with Gasteiger partial charge in [0.25, 0.3) is 0 Å². The number of halogens is 3. The fourth-order valence-electron chi connectivity index (χ4n) is 2.04. The lowest BCUT2D eigenvalue weighted by Crippen LogP contribution is -2.19. The zero-order chi connectivity index (χ0) is 13.8. The van der Waals surface area contributed by atoms with Gasteiger partial charge in [-0.3, -0.25) is 0 Å². The SMILES string of the molecule is CNC(Cc1ccccc1Br)c1cccc(F)c1Cl. The van der Waals surface area contributed by atoms with Crippen molar-refractivity contribution in [2.24, 2.45) is 0 Å². The Morgan fingerprint density at radius 1 is 1.21 bits per heavy atom. The Morgan fingerprint density at radius 2 is 1.95 bits per heavy atom. The summed E-state index contributed by atoms with van der Waals surface area (Å²) < 4.78 is 14.6. The van der Waals surface area contributed by atoms with Crippen LogP contribution in [0.5, 0.6) is 0 Å². The van der Waals surface area contributed by atoms with Gasteiger partial charge in [0.1, 0.15) is 5.82 Å². The highest BCUT2D eigenvalue weighted by Gasteiger charge is 2.16. The van der Waals surface area contributed by atoms with Crippen molar-refractivity contribution in [3.05, 3.63) is 68.9 Å². The Balaban J connectivity index is 2.31. The van der Waals surface area contributed by atoms with Crippen LogP contribution in [-0.2, 0) is 6.42 Å². The van der Waals surface area contributed by atoms with Crippen LogP contribution in [0.2, 0.25) is 5.02 Å². The lowest BCUT2D eigenvalue weighted by atomic mass is 9.99. The van der Waals surface area contributed by atoms with Crippen LogP contribution in [0.25, 0.3) is 0 Å². The topological polar surface area (TPSA) is 12.0 Å². The van der Waals surface area contributed by atoms with Crippen molar-refractivity contribution in [2.45, 2.75) is 12.5 Å². The molecule has 2 rings (SSSR count). The second kappa shape index (κ2) is 6.51. The molecule has 19 heavy (non-hydrogen) atoms.